The third-order valence-corrected chi connectivity index (χ3v) is 8.77. The number of aromatic nitrogens is 1. The van der Waals surface area contributed by atoms with Crippen LogP contribution in [0.3, 0.4) is 0 Å². The summed E-state index contributed by atoms with van der Waals surface area (Å²) in [6.07, 6.45) is 7.98. The predicted molar refractivity (Wildman–Crippen MR) is 129 cm³/mol. The van der Waals surface area contributed by atoms with Crippen molar-refractivity contribution in [2.75, 3.05) is 13.1 Å². The molecule has 1 N–H and O–H groups in total. The maximum absolute atomic E-state index is 13.3. The third-order valence-electron chi connectivity index (χ3n) is 5.99. The van der Waals surface area contributed by atoms with Crippen LogP contribution in [0.4, 0.5) is 0 Å². The molecule has 1 fully saturated rings. The first-order valence-electron chi connectivity index (χ1n) is 10.8. The van der Waals surface area contributed by atoms with Crippen molar-refractivity contribution in [2.24, 2.45) is 0 Å². The van der Waals surface area contributed by atoms with E-state index in [9.17, 15) is 18.3 Å². The molecule has 1 aromatic carbocycles. The van der Waals surface area contributed by atoms with E-state index in [0.29, 0.717) is 52.6 Å². The molecule has 7 nitrogen and oxygen atoms in total. The van der Waals surface area contributed by atoms with Gasteiger partial charge in [-0.2, -0.15) is 0 Å². The third kappa shape index (κ3) is 4.80. The summed E-state index contributed by atoms with van der Waals surface area (Å²) in [6.45, 7) is 4.29. The second kappa shape index (κ2) is 9.33. The first kappa shape index (κ1) is 24.1. The average Bonchev–Trinajstić information content (AvgIpc) is 3.36. The van der Waals surface area contributed by atoms with Gasteiger partial charge in [-0.3, -0.25) is 4.79 Å². The molecule has 2 heterocycles. The summed E-state index contributed by atoms with van der Waals surface area (Å²) in [5, 5.41) is 10.2. The Morgan fingerprint density at radius 1 is 1.27 bits per heavy atom. The lowest BCUT2D eigenvalue weighted by atomic mass is 9.98. The van der Waals surface area contributed by atoms with Crippen LogP contribution in [0, 0.1) is 0 Å². The number of rotatable bonds is 7. The number of carboxylic acid groups (broad SMARTS) is 1. The van der Waals surface area contributed by atoms with Crippen molar-refractivity contribution < 1.29 is 23.1 Å². The van der Waals surface area contributed by atoms with E-state index in [4.69, 9.17) is 27.9 Å². The van der Waals surface area contributed by atoms with E-state index in [0.717, 1.165) is 5.56 Å². The molecule has 2 aliphatic rings. The van der Waals surface area contributed by atoms with Crippen LogP contribution in [0.15, 0.2) is 42.3 Å². The molecule has 1 saturated heterocycles. The van der Waals surface area contributed by atoms with Crippen LogP contribution in [0.1, 0.15) is 38.2 Å². The number of carboxylic acids is 1. The van der Waals surface area contributed by atoms with Crippen LogP contribution in [0.2, 0.25) is 10.0 Å². The Kier molecular flexibility index (Phi) is 6.82. The lowest BCUT2D eigenvalue weighted by molar-refractivity contribution is -0.137. The normalized spacial score (nSPS) is 21.7. The molecule has 4 rings (SSSR count). The van der Waals surface area contributed by atoms with Crippen molar-refractivity contribution in [3.05, 3.63) is 57.9 Å². The Balaban J connectivity index is 1.58. The Morgan fingerprint density at radius 2 is 2.00 bits per heavy atom. The fourth-order valence-electron chi connectivity index (χ4n) is 4.54. The van der Waals surface area contributed by atoms with Gasteiger partial charge >= 0.3 is 5.97 Å². The van der Waals surface area contributed by atoms with E-state index < -0.39 is 21.2 Å². The molecule has 0 radical (unpaired) electrons. The van der Waals surface area contributed by atoms with Gasteiger partial charge in [-0.15, -0.1) is 0 Å². The maximum atomic E-state index is 13.3. The largest absolute Gasteiger partial charge is 0.491 e. The van der Waals surface area contributed by atoms with Gasteiger partial charge in [0.05, 0.1) is 26.9 Å². The summed E-state index contributed by atoms with van der Waals surface area (Å²) in [5.41, 5.74) is 1.38. The van der Waals surface area contributed by atoms with Crippen molar-refractivity contribution in [1.29, 1.82) is 0 Å². The molecule has 2 unspecified atom stereocenters. The zero-order valence-corrected chi connectivity index (χ0v) is 20.7. The minimum atomic E-state index is -3.55. The summed E-state index contributed by atoms with van der Waals surface area (Å²) < 4.78 is 35.3. The number of halogens is 2. The lowest BCUT2D eigenvalue weighted by Crippen LogP contribution is -2.36. The first-order chi connectivity index (χ1) is 15.6. The quantitative estimate of drug-likeness (QED) is 0.575. The van der Waals surface area contributed by atoms with Gasteiger partial charge in [-0.25, -0.2) is 12.7 Å². The molecule has 178 valence electrons. The monoisotopic (exact) mass is 512 g/mol. The Labute approximate surface area is 203 Å². The molecular weight excluding hydrogens is 487 g/mol. The molecule has 2 atom stereocenters. The number of carbonyl (C=O) groups is 1. The van der Waals surface area contributed by atoms with Crippen molar-refractivity contribution in [3.63, 3.8) is 0 Å². The molecule has 33 heavy (non-hydrogen) atoms. The second-order valence-electron chi connectivity index (χ2n) is 8.65. The minimum absolute atomic E-state index is 0.0250. The first-order valence-corrected chi connectivity index (χ1v) is 13.1. The van der Waals surface area contributed by atoms with Crippen molar-refractivity contribution in [2.45, 2.75) is 50.5 Å². The van der Waals surface area contributed by atoms with E-state index in [1.165, 1.54) is 4.31 Å². The van der Waals surface area contributed by atoms with Crippen LogP contribution in [-0.4, -0.2) is 52.8 Å². The average molecular weight is 513 g/mol. The summed E-state index contributed by atoms with van der Waals surface area (Å²) >= 11 is 12.9. The number of aliphatic carboxylic acids is 1. The molecule has 0 saturated carbocycles. The maximum Gasteiger partial charge on any atom is 0.323 e. The Hall–Kier alpha value is -2.00. The molecule has 10 heteroatoms. The number of benzene rings is 1. The van der Waals surface area contributed by atoms with Gasteiger partial charge in [-0.05, 0) is 56.5 Å². The number of ether oxygens (including phenoxy) is 1. The highest BCUT2D eigenvalue weighted by molar-refractivity contribution is 7.89. The number of allylic oxidation sites excluding steroid dienone is 2. The van der Waals surface area contributed by atoms with E-state index in [1.807, 2.05) is 19.9 Å². The Morgan fingerprint density at radius 3 is 2.64 bits per heavy atom. The summed E-state index contributed by atoms with van der Waals surface area (Å²) in [7, 11) is -3.55. The summed E-state index contributed by atoms with van der Waals surface area (Å²) in [6, 6.07) is 3.32. The second-order valence-corrected chi connectivity index (χ2v) is 11.6. The van der Waals surface area contributed by atoms with Gasteiger partial charge in [0, 0.05) is 30.6 Å². The number of hydrogen-bond acceptors (Lipinski definition) is 4. The van der Waals surface area contributed by atoms with Crippen LogP contribution in [-0.2, 0) is 26.1 Å². The molecule has 2 aromatic rings. The molecule has 0 bridgehead atoms. The van der Waals surface area contributed by atoms with Crippen LogP contribution in [0.25, 0.3) is 10.9 Å². The smallest absolute Gasteiger partial charge is 0.323 e. The van der Waals surface area contributed by atoms with Gasteiger partial charge in [0.2, 0.25) is 10.0 Å². The fourth-order valence-corrected chi connectivity index (χ4v) is 6.81. The van der Waals surface area contributed by atoms with E-state index in [-0.39, 0.29) is 18.6 Å². The van der Waals surface area contributed by atoms with Gasteiger partial charge < -0.3 is 14.4 Å². The Bertz CT molecular complexity index is 1250. The van der Waals surface area contributed by atoms with Gasteiger partial charge in [0.15, 0.2) is 0 Å². The molecule has 0 amide bonds. The molecular formula is C23H26Cl2N2O5S. The van der Waals surface area contributed by atoms with Crippen molar-refractivity contribution in [3.8, 4) is 0 Å². The fraction of sp³-hybridized carbons (Fsp3) is 0.435. The highest BCUT2D eigenvalue weighted by atomic mass is 35.5. The van der Waals surface area contributed by atoms with Gasteiger partial charge in [0.25, 0.3) is 0 Å². The highest BCUT2D eigenvalue weighted by Crippen LogP contribution is 2.41. The molecule has 1 aromatic heterocycles. The van der Waals surface area contributed by atoms with Crippen LogP contribution in [0.5, 0.6) is 0 Å². The van der Waals surface area contributed by atoms with Crippen molar-refractivity contribution in [1.82, 2.24) is 8.87 Å². The number of hydrogen-bond donors (Lipinski definition) is 1. The van der Waals surface area contributed by atoms with Crippen LogP contribution >= 0.6 is 23.2 Å². The van der Waals surface area contributed by atoms with E-state index in [2.05, 4.69) is 0 Å². The number of nitrogens with zero attached hydrogens (tertiary/aromatic N) is 2. The predicted octanol–water partition coefficient (Wildman–Crippen LogP) is 4.79. The number of fused-ring (bicyclic) bond motifs is 1. The molecule has 1 aliphatic heterocycles. The lowest BCUT2D eigenvalue weighted by Gasteiger charge is -2.24. The van der Waals surface area contributed by atoms with Gasteiger partial charge in [-0.1, -0.05) is 29.3 Å². The van der Waals surface area contributed by atoms with Gasteiger partial charge in [0.1, 0.15) is 12.3 Å². The zero-order valence-electron chi connectivity index (χ0n) is 18.4. The molecule has 1 aliphatic carbocycles. The summed E-state index contributed by atoms with van der Waals surface area (Å²) in [5.74, 6) is -0.423. The topological polar surface area (TPSA) is 88.8 Å². The zero-order chi connectivity index (χ0) is 23.9. The van der Waals surface area contributed by atoms with E-state index >= 15 is 0 Å². The number of sulfonamides is 1. The van der Waals surface area contributed by atoms with Crippen LogP contribution < -0.4 is 0 Å². The molecule has 0 spiro atoms. The standard InChI is InChI=1S/C23H26Cl2N2O5S/c1-14(2)32-16-3-5-17(6-4-16)33(30,31)27-10-9-15(11-27)18-12-26(13-21(28)29)23-20(25)8-7-19(24)22(18)23/h3-5,7-8,12,14-15,17H,6,9-11,13H2,1-2H3,(H,28,29). The highest BCUT2D eigenvalue weighted by Gasteiger charge is 2.38. The van der Waals surface area contributed by atoms with E-state index in [1.54, 1.807) is 35.0 Å². The SMILES string of the molecule is CC(C)OC1=CCC(S(=O)(=O)N2CCC(c3cn(CC(=O)O)c4c(Cl)ccc(Cl)c34)C2)C=C1. The van der Waals surface area contributed by atoms with Crippen molar-refractivity contribution >= 4 is 50.1 Å². The summed E-state index contributed by atoms with van der Waals surface area (Å²) in [4.78, 5) is 11.4. The minimum Gasteiger partial charge on any atom is -0.491 e.